The van der Waals surface area contributed by atoms with E-state index in [-0.39, 0.29) is 124 Å². The summed E-state index contributed by atoms with van der Waals surface area (Å²) in [4.78, 5) is 132. The quantitative estimate of drug-likeness (QED) is 0.0597. The van der Waals surface area contributed by atoms with Gasteiger partial charge in [-0.1, -0.05) is 34.5 Å². The Morgan fingerprint density at radius 2 is 0.650 bits per heavy atom. The van der Waals surface area contributed by atoms with Gasteiger partial charge in [0.25, 0.3) is 32.5 Å². The molecule has 0 aliphatic carbocycles. The third kappa shape index (κ3) is 20.2. The molecule has 120 heavy (non-hydrogen) atoms. The van der Waals surface area contributed by atoms with Crippen molar-refractivity contribution in [2.75, 3.05) is 157 Å². The van der Waals surface area contributed by atoms with Crippen molar-refractivity contribution in [1.29, 1.82) is 0 Å². The number of anilines is 5. The SMILES string of the molecule is [2H]c1c(C)[nH]c2ncnc(N(C)[C@@]3([2H])C([2H])([2H])N(C(=O)C([2H])([2H])[N+]#[C-])C([2H])([2H])C([2H])([2H])[C@@]3([2H])C([2H])([2H])[2H])c12.[2H]c1c(C)[nH]c2ncnc(N(C)[C@@]3([2H])C([2H])([2H])N(C(=O)C([2H])([2H])[N+]#[C-])C([2H])([2H])C([2H])([2H])[C@@]3([2H])C)c12.[2H]c1c(C)[nH]c2ncnc(N(C)[C@]3([2H])[C@H](C([2H])([2H])[2H])C([2H])([2H])C([2H])([2H])N(C(=O)C([2H])([2H])[N+]#[C-])C3([2H])[2H])c12.[2H]c1c(C)[nH]c2ncnc(N(C)[C@]3([2H])[C@H](C)C([2H])([2H])C([2H])([2H])N(C(=O)C([2H])([2H])[N+]#[C-])C3([2H])[2H])c12.[2H]c1c(C)[nH]c2ncnc(N([C@@H]3[C@H](C)C([2H])([2H])C([2H])([2H])N(C(=O)C([2H])([2H])[N+]#[C-])C3([2H])[2H])C([2H])([2H])[2H])c12. The summed E-state index contributed by atoms with van der Waals surface area (Å²) < 4.78 is 500. The van der Waals surface area contributed by atoms with E-state index in [1.165, 1.54) is 27.8 Å². The van der Waals surface area contributed by atoms with E-state index in [0.29, 0.717) is 26.1 Å². The number of carbonyl (C=O) groups excluding carboxylic acids is 5. The average molecular weight is 1690 g/mol. The first kappa shape index (κ1) is 38.3. The van der Waals surface area contributed by atoms with Crippen LogP contribution in [0.4, 0.5) is 29.1 Å². The average Bonchev–Trinajstić information content (AvgIpc) is 0.711. The topological polar surface area (TPSA) is 347 Å². The van der Waals surface area contributed by atoms with Crippen LogP contribution in [0.3, 0.4) is 0 Å². The van der Waals surface area contributed by atoms with Crippen LogP contribution in [0, 0.1) is 97.0 Å². The number of aromatic amines is 5. The van der Waals surface area contributed by atoms with Gasteiger partial charge in [-0.05, 0) is 126 Å². The number of H-pyrrole nitrogens is 5. The Morgan fingerprint density at radius 3 is 0.958 bits per heavy atom. The summed E-state index contributed by atoms with van der Waals surface area (Å²) in [6.45, 7) is -19.6. The number of nitrogens with zero attached hydrogens (tertiary/aromatic N) is 25. The Balaban J connectivity index is 0.000000209. The van der Waals surface area contributed by atoms with Gasteiger partial charge in [0.1, 0.15) is 103 Å². The van der Waals surface area contributed by atoms with Gasteiger partial charge in [0.05, 0.1) is 83.1 Å². The number of likely N-dealkylation sites (N-methyl/N-ethyl adjacent to an activating group) is 5. The van der Waals surface area contributed by atoms with Crippen molar-refractivity contribution in [3.63, 3.8) is 0 Å². The first-order valence-corrected chi connectivity index (χ1v) is 34.5. The number of fused-ring (bicyclic) bond motifs is 5. The van der Waals surface area contributed by atoms with Crippen molar-refractivity contribution in [2.45, 2.75) is 131 Å². The molecule has 5 aliphatic rings. The Labute approximate surface area is 784 Å². The number of hydrogen-bond donors (Lipinski definition) is 5. The van der Waals surface area contributed by atoms with E-state index in [1.54, 1.807) is 13.8 Å². The highest BCUT2D eigenvalue weighted by atomic mass is 16.2. The summed E-state index contributed by atoms with van der Waals surface area (Å²) in [5, 5.41) is -0.281. The summed E-state index contributed by atoms with van der Waals surface area (Å²) >= 11 is 0. The highest BCUT2D eigenvalue weighted by Gasteiger charge is 2.39. The van der Waals surface area contributed by atoms with E-state index in [4.69, 9.17) is 111 Å². The molecule has 0 aromatic carbocycles. The van der Waals surface area contributed by atoms with Crippen LogP contribution in [0.1, 0.15) is 177 Å². The van der Waals surface area contributed by atoms with E-state index in [1.807, 2.05) is 0 Å². The maximum atomic E-state index is 13.1. The molecule has 0 saturated carbocycles. The molecule has 15 rings (SSSR count). The van der Waals surface area contributed by atoms with Gasteiger partial charge in [0, 0.05) is 171 Å². The van der Waals surface area contributed by atoms with Gasteiger partial charge in [0.2, 0.25) is 0 Å². The van der Waals surface area contributed by atoms with E-state index < -0.39 is 271 Å². The predicted octanol–water partition coefficient (Wildman–Crippen LogP) is 9.29. The number of likely N-dealkylation sites (tertiary alicyclic amines) is 5. The van der Waals surface area contributed by atoms with Crippen LogP contribution in [-0.2, 0) is 24.0 Å². The lowest BCUT2D eigenvalue weighted by atomic mass is 9.92. The van der Waals surface area contributed by atoms with Crippen LogP contribution in [0.15, 0.2) is 61.8 Å². The lowest BCUT2D eigenvalue weighted by Crippen LogP contribution is -2.53. The summed E-state index contributed by atoms with van der Waals surface area (Å²) in [5.74, 6) is -25.6. The number of carbonyl (C=O) groups is 5. The molecule has 15 heterocycles. The molecular weight excluding hydrogens is 1520 g/mol. The minimum Gasteiger partial charge on any atom is -0.354 e. The van der Waals surface area contributed by atoms with Crippen LogP contribution >= 0.6 is 0 Å². The zero-order chi connectivity index (χ0) is 140. The zero-order valence-corrected chi connectivity index (χ0v) is 64.9. The smallest absolute Gasteiger partial charge is 0.302 e. The van der Waals surface area contributed by atoms with E-state index in [9.17, 15) is 28.1 Å². The molecule has 10 aromatic heterocycles. The van der Waals surface area contributed by atoms with Crippen LogP contribution in [-0.4, -0.2) is 292 Å². The van der Waals surface area contributed by atoms with Crippen LogP contribution in [0.5, 0.6) is 0 Å². The van der Waals surface area contributed by atoms with Gasteiger partial charge in [-0.25, -0.2) is 82.7 Å². The van der Waals surface area contributed by atoms with Crippen LogP contribution in [0.2, 0.25) is 0 Å². The number of hydrogen-bond acceptors (Lipinski definition) is 20. The van der Waals surface area contributed by atoms with Gasteiger partial charge in [0.15, 0.2) is 0 Å². The first-order valence-electron chi connectivity index (χ1n) is 64.5. The lowest BCUT2D eigenvalue weighted by Gasteiger charge is -2.41. The van der Waals surface area contributed by atoms with Crippen molar-refractivity contribution in [2.24, 2.45) is 29.5 Å². The Bertz CT molecular complexity index is 8610. The van der Waals surface area contributed by atoms with Crippen LogP contribution < -0.4 is 24.5 Å². The predicted molar refractivity (Wildman–Crippen MR) is 463 cm³/mol. The molecular formula is C85H110N30O5. The third-order valence-electron chi connectivity index (χ3n) is 16.8. The highest BCUT2D eigenvalue weighted by molar-refractivity contribution is 5.92. The van der Waals surface area contributed by atoms with Gasteiger partial charge in [-0.2, -0.15) is 0 Å². The molecule has 5 N–H and O–H groups in total. The molecule has 0 bridgehead atoms. The van der Waals surface area contributed by atoms with E-state index >= 15 is 0 Å². The molecule has 10 aromatic rings. The standard InChI is InChI=1S/5C17H22N6O/c5*1-11-5-6-23(15(24)8-18-3)9-14(11)22(4)17-13-7-12(2)21-16(13)19-10-20-17/h5*7,10-11,14H,5-6,8-9H2,1-2,4H3,(H,19,20,21)/t5*11-,14+/m11111/s1/i1D3,5D2,6D2,7D,8D2,9D2,11D,14D;5D2,6D2,7D,8D2,9D2,11D,14D;1D3,5D2,6D2,7D,8D2,9D2,14D;5D2,6D2,7D,8D2,9D2,14D;4D3,5D2,6D2,7D,8D2,9D2. The molecule has 0 unspecified atom stereocenters. The van der Waals surface area contributed by atoms with Crippen molar-refractivity contribution in [3.8, 4) is 0 Å². The number of aryl methyl sites for hydroxylation is 5. The second-order valence-electron chi connectivity index (χ2n) is 25.1. The molecule has 5 saturated heterocycles. The molecule has 0 radical (unpaired) electrons. The molecule has 630 valence electrons. The fraction of sp³-hybridized carbons (Fsp3) is 0.529. The first-order chi connectivity index (χ1) is 80.6. The normalized spacial score (nSPS) is 39.1. The number of aromatic nitrogens is 15. The lowest BCUT2D eigenvalue weighted by molar-refractivity contribution is -0.131. The summed E-state index contributed by atoms with van der Waals surface area (Å²) in [5.41, 5.74) is 1.97. The number of piperidine rings is 5. The minimum atomic E-state index is -4.09. The highest BCUT2D eigenvalue weighted by Crippen LogP contribution is 2.36. The summed E-state index contributed by atoms with van der Waals surface area (Å²) in [7, 11) is 4.08. The summed E-state index contributed by atoms with van der Waals surface area (Å²) in [6.07, 6.45) is -12.5. The van der Waals surface area contributed by atoms with Gasteiger partial charge in [-0.15, -0.1) is 0 Å². The van der Waals surface area contributed by atoms with E-state index in [2.05, 4.69) is 99.0 Å². The van der Waals surface area contributed by atoms with Gasteiger partial charge < -0.3 is 98.1 Å². The van der Waals surface area contributed by atoms with Gasteiger partial charge in [-0.3, -0.25) is 24.0 Å². The molecule has 5 aliphatic heterocycles. The number of nitrogens with one attached hydrogen (secondary N) is 5. The monoisotopic (exact) mass is 1690 g/mol. The van der Waals surface area contributed by atoms with Crippen molar-refractivity contribution in [1.82, 2.24) is 99.3 Å². The number of amides is 5. The maximum Gasteiger partial charge on any atom is 0.302 e. The fourth-order valence-corrected chi connectivity index (χ4v) is 11.3. The molecule has 5 fully saturated rings. The second kappa shape index (κ2) is 39.4. The van der Waals surface area contributed by atoms with Gasteiger partial charge >= 0.3 is 29.5 Å². The third-order valence-corrected chi connectivity index (χ3v) is 16.8. The van der Waals surface area contributed by atoms with Crippen molar-refractivity contribution in [3.05, 3.63) is 147 Å². The Hall–Kier alpha value is -13.1. The summed E-state index contributed by atoms with van der Waals surface area (Å²) in [6, 6.07) is -16.2. The zero-order valence-electron chi connectivity index (χ0n) is 125. The van der Waals surface area contributed by atoms with E-state index in [0.717, 1.165) is 83.4 Å². The number of rotatable bonds is 15. The molecule has 10 atom stereocenters. The molecule has 35 nitrogen and oxygen atoms in total. The minimum absolute atomic E-state index is 0.00855. The van der Waals surface area contributed by atoms with Crippen molar-refractivity contribution < 1.29 is 106 Å². The molecule has 0 spiro atoms. The largest absolute Gasteiger partial charge is 0.354 e. The van der Waals surface area contributed by atoms with Crippen molar-refractivity contribution >= 4 is 114 Å². The fourth-order valence-electron chi connectivity index (χ4n) is 11.3. The molecule has 5 amide bonds. The molecule has 35 heteroatoms. The Kier molecular flexibility index (Phi) is 12.6. The van der Waals surface area contributed by atoms with Crippen LogP contribution in [0.25, 0.3) is 79.4 Å². The second-order valence-corrected chi connectivity index (χ2v) is 25.1. The Morgan fingerprint density at radius 1 is 0.392 bits per heavy atom. The maximum absolute atomic E-state index is 13.1.